The summed E-state index contributed by atoms with van der Waals surface area (Å²) in [5, 5.41) is 3.60. The van der Waals surface area contributed by atoms with Crippen LogP contribution in [-0.2, 0) is 0 Å². The van der Waals surface area contributed by atoms with E-state index >= 15 is 0 Å². The third kappa shape index (κ3) is 4.71. The summed E-state index contributed by atoms with van der Waals surface area (Å²) in [6.45, 7) is 8.25. The lowest BCUT2D eigenvalue weighted by Gasteiger charge is -2.13. The summed E-state index contributed by atoms with van der Waals surface area (Å²) in [7, 11) is 0. The van der Waals surface area contributed by atoms with Crippen LogP contribution in [0, 0.1) is 5.92 Å². The molecule has 2 rings (SSSR count). The first kappa shape index (κ1) is 14.1. The van der Waals surface area contributed by atoms with Crippen LogP contribution in [0.15, 0.2) is 29.8 Å². The molecule has 2 heteroatoms. The van der Waals surface area contributed by atoms with Crippen molar-refractivity contribution in [2.24, 2.45) is 5.92 Å². The van der Waals surface area contributed by atoms with Crippen molar-refractivity contribution in [3.8, 4) is 5.75 Å². The zero-order valence-corrected chi connectivity index (χ0v) is 12.3. The Morgan fingerprint density at radius 3 is 2.84 bits per heavy atom. The Morgan fingerprint density at radius 1 is 1.42 bits per heavy atom. The summed E-state index contributed by atoms with van der Waals surface area (Å²) in [5.41, 5.74) is 2.69. The van der Waals surface area contributed by atoms with Crippen molar-refractivity contribution in [1.29, 1.82) is 0 Å². The molecule has 104 valence electrons. The average molecular weight is 259 g/mol. The van der Waals surface area contributed by atoms with Crippen LogP contribution in [0.25, 0.3) is 6.08 Å². The Hall–Kier alpha value is -1.28. The van der Waals surface area contributed by atoms with Gasteiger partial charge in [-0.2, -0.15) is 0 Å². The van der Waals surface area contributed by atoms with E-state index in [2.05, 4.69) is 43.4 Å². The largest absolute Gasteiger partial charge is 0.494 e. The number of hydrogen-bond acceptors (Lipinski definition) is 2. The summed E-state index contributed by atoms with van der Waals surface area (Å²) in [6.07, 6.45) is 4.97. The molecule has 19 heavy (non-hydrogen) atoms. The maximum Gasteiger partial charge on any atom is 0.119 e. The zero-order valence-electron chi connectivity index (χ0n) is 12.3. The van der Waals surface area contributed by atoms with Gasteiger partial charge in [0.2, 0.25) is 0 Å². The van der Waals surface area contributed by atoms with E-state index in [1.54, 1.807) is 0 Å². The molecule has 0 saturated heterocycles. The highest BCUT2D eigenvalue weighted by atomic mass is 16.5. The van der Waals surface area contributed by atoms with Gasteiger partial charge in [0.05, 0.1) is 6.61 Å². The molecule has 0 heterocycles. The van der Waals surface area contributed by atoms with Gasteiger partial charge in [-0.3, -0.25) is 0 Å². The van der Waals surface area contributed by atoms with Crippen molar-refractivity contribution in [1.82, 2.24) is 5.32 Å². The van der Waals surface area contributed by atoms with Gasteiger partial charge < -0.3 is 10.1 Å². The maximum atomic E-state index is 5.55. The van der Waals surface area contributed by atoms with E-state index in [1.807, 2.05) is 13.0 Å². The predicted molar refractivity (Wildman–Crippen MR) is 81.5 cm³/mol. The van der Waals surface area contributed by atoms with Crippen LogP contribution in [0.2, 0.25) is 0 Å². The van der Waals surface area contributed by atoms with Crippen molar-refractivity contribution < 1.29 is 4.74 Å². The number of nitrogens with one attached hydrogen (secondary N) is 1. The summed E-state index contributed by atoms with van der Waals surface area (Å²) in [5.74, 6) is 1.52. The molecule has 0 aromatic heterocycles. The molecule has 1 aliphatic rings. The van der Waals surface area contributed by atoms with Gasteiger partial charge in [-0.05, 0) is 43.4 Å². The summed E-state index contributed by atoms with van der Waals surface area (Å²) < 4.78 is 5.55. The van der Waals surface area contributed by atoms with Gasteiger partial charge in [-0.1, -0.05) is 37.6 Å². The molecular weight excluding hydrogens is 234 g/mol. The second-order valence-corrected chi connectivity index (χ2v) is 5.53. The zero-order chi connectivity index (χ0) is 13.7. The van der Waals surface area contributed by atoms with E-state index in [4.69, 9.17) is 4.74 Å². The lowest BCUT2D eigenvalue weighted by molar-refractivity contribution is 0.340. The smallest absolute Gasteiger partial charge is 0.119 e. The second-order valence-electron chi connectivity index (χ2n) is 5.53. The number of benzene rings is 1. The van der Waals surface area contributed by atoms with E-state index < -0.39 is 0 Å². The van der Waals surface area contributed by atoms with E-state index in [-0.39, 0.29) is 0 Å². The van der Waals surface area contributed by atoms with Gasteiger partial charge in [0.25, 0.3) is 0 Å². The Morgan fingerprint density at radius 2 is 2.21 bits per heavy atom. The van der Waals surface area contributed by atoms with Gasteiger partial charge in [-0.25, -0.2) is 0 Å². The normalized spacial score (nSPS) is 15.9. The van der Waals surface area contributed by atoms with Gasteiger partial charge in [0.15, 0.2) is 0 Å². The van der Waals surface area contributed by atoms with Crippen molar-refractivity contribution in [3.05, 3.63) is 35.4 Å². The molecule has 0 amide bonds. The molecule has 2 nitrogen and oxygen atoms in total. The minimum atomic E-state index is 0.571. The summed E-state index contributed by atoms with van der Waals surface area (Å²) in [6, 6.07) is 9.09. The van der Waals surface area contributed by atoms with Crippen LogP contribution in [0.3, 0.4) is 0 Å². The van der Waals surface area contributed by atoms with E-state index in [0.29, 0.717) is 12.5 Å². The minimum Gasteiger partial charge on any atom is -0.494 e. The molecule has 1 aliphatic carbocycles. The first-order valence-corrected chi connectivity index (χ1v) is 7.35. The Balaban J connectivity index is 2.07. The van der Waals surface area contributed by atoms with Crippen LogP contribution in [0.5, 0.6) is 5.75 Å². The third-order valence-corrected chi connectivity index (χ3v) is 3.43. The van der Waals surface area contributed by atoms with Crippen molar-refractivity contribution >= 4 is 6.08 Å². The lowest BCUT2D eigenvalue weighted by Crippen LogP contribution is -2.21. The van der Waals surface area contributed by atoms with E-state index in [1.165, 1.54) is 24.0 Å². The van der Waals surface area contributed by atoms with Crippen LogP contribution in [0.1, 0.15) is 39.2 Å². The van der Waals surface area contributed by atoms with Crippen molar-refractivity contribution in [2.75, 3.05) is 13.2 Å². The highest BCUT2D eigenvalue weighted by molar-refractivity contribution is 5.55. The van der Waals surface area contributed by atoms with Crippen LogP contribution in [0.4, 0.5) is 0 Å². The van der Waals surface area contributed by atoms with Gasteiger partial charge in [0.1, 0.15) is 5.75 Å². The molecule has 1 N–H and O–H groups in total. The van der Waals surface area contributed by atoms with Crippen LogP contribution < -0.4 is 10.1 Å². The van der Waals surface area contributed by atoms with Gasteiger partial charge >= 0.3 is 0 Å². The Labute approximate surface area is 116 Å². The number of hydrogen-bond donors (Lipinski definition) is 1. The Bertz CT molecular complexity index is 433. The summed E-state index contributed by atoms with van der Waals surface area (Å²) in [4.78, 5) is 0. The van der Waals surface area contributed by atoms with Crippen molar-refractivity contribution in [3.63, 3.8) is 0 Å². The Kier molecular flexibility index (Phi) is 5.03. The quantitative estimate of drug-likeness (QED) is 0.802. The fourth-order valence-corrected chi connectivity index (χ4v) is 2.05. The fourth-order valence-electron chi connectivity index (χ4n) is 2.05. The first-order chi connectivity index (χ1) is 9.19. The highest BCUT2D eigenvalue weighted by Crippen LogP contribution is 2.22. The topological polar surface area (TPSA) is 21.3 Å². The molecule has 0 bridgehead atoms. The molecule has 1 aromatic carbocycles. The minimum absolute atomic E-state index is 0.571. The third-order valence-electron chi connectivity index (χ3n) is 3.43. The molecule has 1 aromatic rings. The van der Waals surface area contributed by atoms with E-state index in [0.717, 1.165) is 18.3 Å². The van der Waals surface area contributed by atoms with Crippen LogP contribution in [-0.4, -0.2) is 19.2 Å². The SMILES string of the molecule is CCOc1cccc(C=C(CNC2CC2)C(C)C)c1. The first-order valence-electron chi connectivity index (χ1n) is 7.35. The fraction of sp³-hybridized carbons (Fsp3) is 0.529. The summed E-state index contributed by atoms with van der Waals surface area (Å²) >= 11 is 0. The van der Waals surface area contributed by atoms with Crippen molar-refractivity contribution in [2.45, 2.75) is 39.7 Å². The molecule has 0 unspecified atom stereocenters. The average Bonchev–Trinajstić information content (AvgIpc) is 3.19. The molecule has 1 saturated carbocycles. The number of ether oxygens (including phenoxy) is 1. The molecular formula is C17H25NO. The predicted octanol–water partition coefficient (Wildman–Crippen LogP) is 3.88. The maximum absolute atomic E-state index is 5.55. The van der Waals surface area contributed by atoms with E-state index in [9.17, 15) is 0 Å². The number of rotatable bonds is 7. The monoisotopic (exact) mass is 259 g/mol. The molecule has 0 aliphatic heterocycles. The second kappa shape index (κ2) is 6.76. The molecule has 0 radical (unpaired) electrons. The molecule has 1 fully saturated rings. The molecule has 0 spiro atoms. The highest BCUT2D eigenvalue weighted by Gasteiger charge is 2.20. The standard InChI is InChI=1S/C17H25NO/c1-4-19-17-7-5-6-14(11-17)10-15(13(2)3)12-18-16-8-9-16/h5-7,10-11,13,16,18H,4,8-9,12H2,1-3H3. The van der Waals surface area contributed by atoms with Gasteiger partial charge in [-0.15, -0.1) is 0 Å². The molecule has 0 atom stereocenters. The van der Waals surface area contributed by atoms with Gasteiger partial charge in [0, 0.05) is 12.6 Å². The lowest BCUT2D eigenvalue weighted by atomic mass is 10.00. The van der Waals surface area contributed by atoms with Crippen LogP contribution >= 0.6 is 0 Å².